The second-order valence-electron chi connectivity index (χ2n) is 5.81. The molecule has 1 aromatic carbocycles. The van der Waals surface area contributed by atoms with Gasteiger partial charge >= 0.3 is 0 Å². The molecule has 2 aliphatic rings. The summed E-state index contributed by atoms with van der Waals surface area (Å²) in [4.78, 5) is 15.7. The van der Waals surface area contributed by atoms with Crippen LogP contribution >= 0.6 is 27.3 Å². The summed E-state index contributed by atoms with van der Waals surface area (Å²) in [5.74, 6) is 0.245. The Morgan fingerprint density at radius 2 is 1.90 bits per heavy atom. The van der Waals surface area contributed by atoms with Gasteiger partial charge in [-0.3, -0.25) is 4.79 Å². The molecule has 2 saturated heterocycles. The molecule has 0 N–H and O–H groups in total. The largest absolute Gasteiger partial charge is 0.333 e. The van der Waals surface area contributed by atoms with Gasteiger partial charge in [0.2, 0.25) is 0 Å². The van der Waals surface area contributed by atoms with Crippen LogP contribution in [0, 0.1) is 0 Å². The highest BCUT2D eigenvalue weighted by atomic mass is 79.9. The summed E-state index contributed by atoms with van der Waals surface area (Å²) in [6, 6.07) is 9.08. The first-order chi connectivity index (χ1) is 9.74. The average Bonchev–Trinajstić information content (AvgIpc) is 2.98. The van der Waals surface area contributed by atoms with Gasteiger partial charge in [0.25, 0.3) is 5.91 Å². The molecule has 104 valence electrons. The van der Waals surface area contributed by atoms with Gasteiger partial charge in [-0.2, -0.15) is 0 Å². The quantitative estimate of drug-likeness (QED) is 0.697. The normalized spacial score (nSPS) is 29.1. The van der Waals surface area contributed by atoms with Crippen LogP contribution in [0.2, 0.25) is 0 Å². The summed E-state index contributed by atoms with van der Waals surface area (Å²) >= 11 is 5.41. The van der Waals surface area contributed by atoms with Gasteiger partial charge in [-0.15, -0.1) is 11.3 Å². The van der Waals surface area contributed by atoms with Crippen LogP contribution in [-0.4, -0.2) is 27.7 Å². The van der Waals surface area contributed by atoms with Crippen LogP contribution < -0.4 is 0 Å². The van der Waals surface area contributed by atoms with E-state index in [2.05, 4.69) is 33.0 Å². The number of piperidine rings is 1. The summed E-state index contributed by atoms with van der Waals surface area (Å²) in [5, 5.41) is 3.15. The molecular formula is C16H16BrNOS. The fraction of sp³-hybridized carbons (Fsp3) is 0.438. The first-order valence-corrected chi connectivity index (χ1v) is 8.96. The highest BCUT2D eigenvalue weighted by Gasteiger charge is 2.43. The smallest absolute Gasteiger partial charge is 0.255 e. The highest BCUT2D eigenvalue weighted by molar-refractivity contribution is 9.09. The third-order valence-electron chi connectivity index (χ3n) is 4.62. The molecular weight excluding hydrogens is 334 g/mol. The molecule has 2 unspecified atom stereocenters. The predicted molar refractivity (Wildman–Crippen MR) is 86.8 cm³/mol. The molecule has 1 aromatic heterocycles. The number of nitrogens with zero attached hydrogens (tertiary/aromatic N) is 1. The van der Waals surface area contributed by atoms with Crippen molar-refractivity contribution in [1.29, 1.82) is 0 Å². The van der Waals surface area contributed by atoms with E-state index in [1.807, 2.05) is 17.5 Å². The van der Waals surface area contributed by atoms with Crippen molar-refractivity contribution in [1.82, 2.24) is 4.90 Å². The monoisotopic (exact) mass is 349 g/mol. The SMILES string of the molecule is O=C(c1csc2ccccc12)N1C2CCC1CC(Br)C2. The molecule has 4 heteroatoms. The summed E-state index contributed by atoms with van der Waals surface area (Å²) in [6.07, 6.45) is 4.54. The number of alkyl halides is 1. The van der Waals surface area contributed by atoms with Crippen molar-refractivity contribution in [2.75, 3.05) is 0 Å². The Hall–Kier alpha value is -0.870. The lowest BCUT2D eigenvalue weighted by Crippen LogP contribution is -2.46. The van der Waals surface area contributed by atoms with Crippen LogP contribution in [0.3, 0.4) is 0 Å². The zero-order valence-electron chi connectivity index (χ0n) is 11.1. The van der Waals surface area contributed by atoms with Gasteiger partial charge < -0.3 is 4.90 Å². The molecule has 0 radical (unpaired) electrons. The molecule has 2 atom stereocenters. The van der Waals surface area contributed by atoms with Gasteiger partial charge in [-0.25, -0.2) is 0 Å². The van der Waals surface area contributed by atoms with E-state index in [4.69, 9.17) is 0 Å². The number of hydrogen-bond acceptors (Lipinski definition) is 2. The van der Waals surface area contributed by atoms with Gasteiger partial charge in [0, 0.05) is 32.4 Å². The number of benzene rings is 1. The van der Waals surface area contributed by atoms with Gasteiger partial charge in [0.05, 0.1) is 5.56 Å². The maximum Gasteiger partial charge on any atom is 0.255 e. The van der Waals surface area contributed by atoms with E-state index >= 15 is 0 Å². The maximum absolute atomic E-state index is 13.0. The van der Waals surface area contributed by atoms with Crippen LogP contribution in [0.5, 0.6) is 0 Å². The molecule has 4 rings (SSSR count). The highest BCUT2D eigenvalue weighted by Crippen LogP contribution is 2.40. The number of thiophene rings is 1. The topological polar surface area (TPSA) is 20.3 Å². The molecule has 2 fully saturated rings. The van der Waals surface area contributed by atoms with Gasteiger partial charge in [-0.05, 0) is 31.7 Å². The molecule has 2 nitrogen and oxygen atoms in total. The second-order valence-corrected chi connectivity index (χ2v) is 8.02. The van der Waals surface area contributed by atoms with E-state index in [9.17, 15) is 4.79 Å². The zero-order valence-corrected chi connectivity index (χ0v) is 13.5. The summed E-state index contributed by atoms with van der Waals surface area (Å²) in [7, 11) is 0. The van der Waals surface area contributed by atoms with E-state index in [0.29, 0.717) is 16.9 Å². The minimum Gasteiger partial charge on any atom is -0.333 e. The number of rotatable bonds is 1. The number of halogens is 1. The lowest BCUT2D eigenvalue weighted by molar-refractivity contribution is 0.0606. The summed E-state index contributed by atoms with van der Waals surface area (Å²) < 4.78 is 1.21. The fourth-order valence-electron chi connectivity index (χ4n) is 3.72. The van der Waals surface area contributed by atoms with E-state index < -0.39 is 0 Å². The Labute approximate surface area is 130 Å². The van der Waals surface area contributed by atoms with Crippen molar-refractivity contribution in [3.8, 4) is 0 Å². The van der Waals surface area contributed by atoms with Crippen molar-refractivity contribution in [2.24, 2.45) is 0 Å². The van der Waals surface area contributed by atoms with Gasteiger partial charge in [-0.1, -0.05) is 34.1 Å². The lowest BCUT2D eigenvalue weighted by atomic mass is 10.0. The van der Waals surface area contributed by atoms with Crippen molar-refractivity contribution in [3.05, 3.63) is 35.2 Å². The molecule has 2 bridgehead atoms. The van der Waals surface area contributed by atoms with Crippen molar-refractivity contribution in [3.63, 3.8) is 0 Å². The Balaban J connectivity index is 1.71. The van der Waals surface area contributed by atoms with E-state index in [1.54, 1.807) is 11.3 Å². The Kier molecular flexibility index (Phi) is 3.11. The van der Waals surface area contributed by atoms with Crippen LogP contribution in [0.1, 0.15) is 36.0 Å². The number of fused-ring (bicyclic) bond motifs is 3. The Morgan fingerprint density at radius 3 is 2.65 bits per heavy atom. The molecule has 0 aliphatic carbocycles. The Bertz CT molecular complexity index is 653. The van der Waals surface area contributed by atoms with Crippen LogP contribution in [0.25, 0.3) is 10.1 Å². The van der Waals surface area contributed by atoms with Crippen LogP contribution in [-0.2, 0) is 0 Å². The molecule has 3 heterocycles. The van der Waals surface area contributed by atoms with Gasteiger partial charge in [0.1, 0.15) is 0 Å². The fourth-order valence-corrected chi connectivity index (χ4v) is 5.52. The maximum atomic E-state index is 13.0. The summed E-state index contributed by atoms with van der Waals surface area (Å²) in [6.45, 7) is 0. The van der Waals surface area contributed by atoms with E-state index in [-0.39, 0.29) is 5.91 Å². The molecule has 1 amide bonds. The minimum atomic E-state index is 0.245. The van der Waals surface area contributed by atoms with Crippen molar-refractivity contribution in [2.45, 2.75) is 42.6 Å². The minimum absolute atomic E-state index is 0.245. The molecule has 2 aromatic rings. The number of carbonyl (C=O) groups excluding carboxylic acids is 1. The predicted octanol–water partition coefficient (Wildman–Crippen LogP) is 4.43. The molecule has 0 saturated carbocycles. The lowest BCUT2D eigenvalue weighted by Gasteiger charge is -2.37. The van der Waals surface area contributed by atoms with Crippen LogP contribution in [0.4, 0.5) is 0 Å². The third kappa shape index (κ3) is 1.92. The molecule has 0 spiro atoms. The standard InChI is InChI=1S/C16H16BrNOS/c17-10-7-11-5-6-12(8-10)18(11)16(19)14-9-20-15-4-2-1-3-13(14)15/h1-4,9-12H,5-8H2. The number of amides is 1. The zero-order chi connectivity index (χ0) is 13.7. The second kappa shape index (κ2) is 4.85. The number of hydrogen-bond donors (Lipinski definition) is 0. The van der Waals surface area contributed by atoms with E-state index in [1.165, 1.54) is 17.5 Å². The van der Waals surface area contributed by atoms with Crippen molar-refractivity contribution >= 4 is 43.3 Å². The number of carbonyl (C=O) groups is 1. The Morgan fingerprint density at radius 1 is 1.20 bits per heavy atom. The van der Waals surface area contributed by atoms with Crippen molar-refractivity contribution < 1.29 is 4.79 Å². The molecule has 2 aliphatic heterocycles. The van der Waals surface area contributed by atoms with Gasteiger partial charge in [0.15, 0.2) is 0 Å². The third-order valence-corrected chi connectivity index (χ3v) is 6.33. The first-order valence-electron chi connectivity index (χ1n) is 7.17. The first kappa shape index (κ1) is 12.8. The van der Waals surface area contributed by atoms with E-state index in [0.717, 1.165) is 23.8 Å². The van der Waals surface area contributed by atoms with Crippen LogP contribution in [0.15, 0.2) is 29.6 Å². The summed E-state index contributed by atoms with van der Waals surface area (Å²) in [5.41, 5.74) is 0.899. The average molecular weight is 350 g/mol. The molecule has 20 heavy (non-hydrogen) atoms.